The number of rotatable bonds is 8. The van der Waals surface area contributed by atoms with Gasteiger partial charge in [0, 0.05) is 12.2 Å². The van der Waals surface area contributed by atoms with Crippen LogP contribution in [0.5, 0.6) is 0 Å². The topological polar surface area (TPSA) is 78.6 Å². The molecule has 0 aliphatic rings. The van der Waals surface area contributed by atoms with E-state index in [1.807, 2.05) is 0 Å². The zero-order chi connectivity index (χ0) is 11.0. The quantitative estimate of drug-likeness (QED) is 0.655. The zero-order valence-electron chi connectivity index (χ0n) is 8.39. The molecule has 14 heavy (non-hydrogen) atoms. The lowest BCUT2D eigenvalue weighted by molar-refractivity contribution is -0.117. The van der Waals surface area contributed by atoms with Crippen molar-refractivity contribution in [2.45, 2.75) is 20.3 Å². The van der Waals surface area contributed by atoms with Gasteiger partial charge in [0.25, 0.3) is 0 Å². The molecule has 0 saturated heterocycles. The molecule has 7 heteroatoms. The van der Waals surface area contributed by atoms with Gasteiger partial charge in [0.1, 0.15) is 0 Å². The van der Waals surface area contributed by atoms with Crippen LogP contribution in [0.1, 0.15) is 20.3 Å². The third-order valence-corrected chi connectivity index (χ3v) is 5.15. The Labute approximate surface area is 88.0 Å². The molecule has 0 atom stereocenters. The van der Waals surface area contributed by atoms with Crippen molar-refractivity contribution < 1.29 is 18.4 Å². The molecular formula is C7H16NO4PS. The molecule has 0 heterocycles. The highest BCUT2D eigenvalue weighted by molar-refractivity contribution is 8.55. The minimum Gasteiger partial charge on any atom is -0.370 e. The Bertz CT molecular complexity index is 214. The van der Waals surface area contributed by atoms with Crippen LogP contribution >= 0.6 is 18.2 Å². The molecule has 0 saturated carbocycles. The Hall–Kier alpha value is -0.0300. The molecule has 0 fully saturated rings. The van der Waals surface area contributed by atoms with E-state index in [0.29, 0.717) is 19.0 Å². The molecule has 0 aromatic carbocycles. The van der Waals surface area contributed by atoms with Gasteiger partial charge in [-0.05, 0) is 25.2 Å². The van der Waals surface area contributed by atoms with Gasteiger partial charge in [-0.25, -0.2) is 4.57 Å². The summed E-state index contributed by atoms with van der Waals surface area (Å²) >= 11 is 1.01. The first-order valence-electron chi connectivity index (χ1n) is 4.36. The van der Waals surface area contributed by atoms with Gasteiger partial charge in [0.05, 0.1) is 13.2 Å². The van der Waals surface area contributed by atoms with Gasteiger partial charge >= 0.3 is 6.80 Å². The molecule has 0 aromatic rings. The van der Waals surface area contributed by atoms with Crippen molar-refractivity contribution in [3.05, 3.63) is 0 Å². The second kappa shape index (κ2) is 7.29. The lowest BCUT2D eigenvalue weighted by Crippen LogP contribution is -2.11. The maximum atomic E-state index is 11.8. The standard InChI is InChI=1S/C7H16NO4PS/c1-3-11-13(10,12-4-2)14-6-5-7(8)9/h3-6H2,1-2H3,(H2,8,9). The number of hydrogen-bond acceptors (Lipinski definition) is 5. The van der Waals surface area contributed by atoms with Gasteiger partial charge in [0.15, 0.2) is 0 Å². The fourth-order valence-electron chi connectivity index (χ4n) is 0.686. The molecule has 84 valence electrons. The molecule has 0 rings (SSSR count). The molecule has 0 unspecified atom stereocenters. The Morgan fingerprint density at radius 1 is 1.36 bits per heavy atom. The zero-order valence-corrected chi connectivity index (χ0v) is 10.1. The average molecular weight is 241 g/mol. The van der Waals surface area contributed by atoms with Crippen LogP contribution in [-0.4, -0.2) is 24.9 Å². The maximum Gasteiger partial charge on any atom is 0.389 e. The number of amides is 1. The van der Waals surface area contributed by atoms with Crippen LogP contribution in [0.4, 0.5) is 0 Å². The molecule has 0 bridgehead atoms. The van der Waals surface area contributed by atoms with E-state index in [9.17, 15) is 9.36 Å². The van der Waals surface area contributed by atoms with Crippen LogP contribution in [-0.2, 0) is 18.4 Å². The van der Waals surface area contributed by atoms with E-state index in [1.54, 1.807) is 13.8 Å². The number of carbonyl (C=O) groups is 1. The summed E-state index contributed by atoms with van der Waals surface area (Å²) in [4.78, 5) is 10.4. The highest BCUT2D eigenvalue weighted by Crippen LogP contribution is 2.60. The molecule has 0 aliphatic carbocycles. The number of nitrogens with two attached hydrogens (primary N) is 1. The van der Waals surface area contributed by atoms with Crippen molar-refractivity contribution in [2.24, 2.45) is 5.73 Å². The summed E-state index contributed by atoms with van der Waals surface area (Å²) < 4.78 is 21.8. The SMILES string of the molecule is CCOP(=O)(OCC)SCCC(N)=O. The Kier molecular flexibility index (Phi) is 7.27. The lowest BCUT2D eigenvalue weighted by atomic mass is 10.5. The maximum absolute atomic E-state index is 11.8. The largest absolute Gasteiger partial charge is 0.389 e. The smallest absolute Gasteiger partial charge is 0.370 e. The van der Waals surface area contributed by atoms with Crippen molar-refractivity contribution >= 4 is 24.1 Å². The van der Waals surface area contributed by atoms with E-state index in [-0.39, 0.29) is 6.42 Å². The molecular weight excluding hydrogens is 225 g/mol. The van der Waals surface area contributed by atoms with Crippen molar-refractivity contribution in [1.29, 1.82) is 0 Å². The third kappa shape index (κ3) is 6.43. The van der Waals surface area contributed by atoms with Crippen LogP contribution in [0.2, 0.25) is 0 Å². The van der Waals surface area contributed by atoms with Crippen LogP contribution in [0.15, 0.2) is 0 Å². The third-order valence-electron chi connectivity index (χ3n) is 1.17. The van der Waals surface area contributed by atoms with E-state index in [2.05, 4.69) is 0 Å². The normalized spacial score (nSPS) is 11.6. The highest BCUT2D eigenvalue weighted by atomic mass is 32.7. The monoisotopic (exact) mass is 241 g/mol. The predicted molar refractivity (Wildman–Crippen MR) is 57.1 cm³/mol. The first-order chi connectivity index (χ1) is 6.54. The predicted octanol–water partition coefficient (Wildman–Crippen LogP) is 1.78. The summed E-state index contributed by atoms with van der Waals surface area (Å²) in [5, 5.41) is 0. The lowest BCUT2D eigenvalue weighted by Gasteiger charge is -2.15. The first-order valence-corrected chi connectivity index (χ1v) is 7.49. The van der Waals surface area contributed by atoms with Gasteiger partial charge < -0.3 is 14.8 Å². The molecule has 1 amide bonds. The molecule has 2 N–H and O–H groups in total. The number of hydrogen-bond donors (Lipinski definition) is 1. The summed E-state index contributed by atoms with van der Waals surface area (Å²) in [5.74, 6) is -0.0656. The molecule has 0 spiro atoms. The van der Waals surface area contributed by atoms with Crippen LogP contribution in [0, 0.1) is 0 Å². The minimum atomic E-state index is -3.07. The van der Waals surface area contributed by atoms with E-state index in [0.717, 1.165) is 11.4 Å². The fourth-order valence-corrected chi connectivity index (χ4v) is 4.08. The number of carbonyl (C=O) groups excluding carboxylic acids is 1. The van der Waals surface area contributed by atoms with E-state index >= 15 is 0 Å². The van der Waals surface area contributed by atoms with Gasteiger partial charge in [-0.15, -0.1) is 0 Å². The van der Waals surface area contributed by atoms with Gasteiger partial charge in [-0.3, -0.25) is 4.79 Å². The highest BCUT2D eigenvalue weighted by Gasteiger charge is 2.24. The molecule has 0 aromatic heterocycles. The van der Waals surface area contributed by atoms with E-state index in [1.165, 1.54) is 0 Å². The minimum absolute atomic E-state index is 0.175. The van der Waals surface area contributed by atoms with Gasteiger partial charge in [0.2, 0.25) is 5.91 Å². The van der Waals surface area contributed by atoms with Crippen LogP contribution in [0.3, 0.4) is 0 Å². The van der Waals surface area contributed by atoms with Crippen molar-refractivity contribution in [3.8, 4) is 0 Å². The summed E-state index contributed by atoms with van der Waals surface area (Å²) in [6.07, 6.45) is 0.175. The molecule has 5 nitrogen and oxygen atoms in total. The van der Waals surface area contributed by atoms with E-state index < -0.39 is 12.7 Å². The van der Waals surface area contributed by atoms with E-state index in [4.69, 9.17) is 14.8 Å². The second-order valence-corrected chi connectivity index (χ2v) is 6.53. The Balaban J connectivity index is 3.96. The van der Waals surface area contributed by atoms with Crippen molar-refractivity contribution in [3.63, 3.8) is 0 Å². The number of primary amides is 1. The second-order valence-electron chi connectivity index (χ2n) is 2.33. The van der Waals surface area contributed by atoms with Crippen LogP contribution in [0.25, 0.3) is 0 Å². The fraction of sp³-hybridized carbons (Fsp3) is 0.857. The Morgan fingerprint density at radius 2 is 1.86 bits per heavy atom. The average Bonchev–Trinajstić information content (AvgIpc) is 2.03. The molecule has 0 radical (unpaired) electrons. The summed E-state index contributed by atoms with van der Waals surface area (Å²) in [7, 11) is 0. The summed E-state index contributed by atoms with van der Waals surface area (Å²) in [6.45, 7) is 1.05. The Morgan fingerprint density at radius 3 is 2.21 bits per heavy atom. The van der Waals surface area contributed by atoms with Gasteiger partial charge in [-0.2, -0.15) is 0 Å². The van der Waals surface area contributed by atoms with Crippen LogP contribution < -0.4 is 5.73 Å². The summed E-state index contributed by atoms with van der Waals surface area (Å²) in [5.41, 5.74) is 4.95. The molecule has 0 aliphatic heterocycles. The van der Waals surface area contributed by atoms with Gasteiger partial charge in [-0.1, -0.05) is 0 Å². The first kappa shape index (κ1) is 14.0. The van der Waals surface area contributed by atoms with Crippen molar-refractivity contribution in [1.82, 2.24) is 0 Å². The summed E-state index contributed by atoms with van der Waals surface area (Å²) in [6, 6.07) is 0. The van der Waals surface area contributed by atoms with Crippen molar-refractivity contribution in [2.75, 3.05) is 19.0 Å².